The quantitative estimate of drug-likeness (QED) is 0.847. The molecule has 0 atom stereocenters. The zero-order valence-electron chi connectivity index (χ0n) is 11.2. The third kappa shape index (κ3) is 2.48. The second-order valence-electron chi connectivity index (χ2n) is 4.10. The Bertz CT molecular complexity index is 636. The molecular formula is C14H15NO4S. The van der Waals surface area contributed by atoms with Crippen molar-refractivity contribution in [3.8, 4) is 22.6 Å². The molecular weight excluding hydrogens is 278 g/mol. The molecule has 2 rings (SSSR count). The molecule has 106 valence electrons. The Morgan fingerprint density at radius 3 is 2.80 bits per heavy atom. The number of aromatic hydroxyl groups is 1. The topological polar surface area (TPSA) is 81.8 Å². The standard InChI is InChI=1S/C14H15NO4S/c1-3-9-10(7-20-13(9)14(17)19-15)8-4-5-11(16)12(6-8)18-2/h4-7,16H,3,15H2,1-2H3. The summed E-state index contributed by atoms with van der Waals surface area (Å²) in [5.41, 5.74) is 2.65. The van der Waals surface area contributed by atoms with Crippen molar-refractivity contribution in [3.63, 3.8) is 0 Å². The Balaban J connectivity index is 2.53. The highest BCUT2D eigenvalue weighted by Crippen LogP contribution is 2.36. The van der Waals surface area contributed by atoms with E-state index in [-0.39, 0.29) is 5.75 Å². The van der Waals surface area contributed by atoms with Crippen LogP contribution < -0.4 is 10.6 Å². The summed E-state index contributed by atoms with van der Waals surface area (Å²) in [4.78, 5) is 16.4. The van der Waals surface area contributed by atoms with E-state index in [1.54, 1.807) is 18.2 Å². The highest BCUT2D eigenvalue weighted by atomic mass is 32.1. The lowest BCUT2D eigenvalue weighted by atomic mass is 10.0. The van der Waals surface area contributed by atoms with Crippen LogP contribution in [0.2, 0.25) is 0 Å². The maximum absolute atomic E-state index is 11.6. The maximum Gasteiger partial charge on any atom is 0.367 e. The summed E-state index contributed by atoms with van der Waals surface area (Å²) >= 11 is 1.29. The van der Waals surface area contributed by atoms with Crippen LogP contribution in [-0.2, 0) is 11.3 Å². The van der Waals surface area contributed by atoms with Gasteiger partial charge in [-0.2, -0.15) is 5.90 Å². The van der Waals surface area contributed by atoms with Gasteiger partial charge in [0.25, 0.3) is 0 Å². The monoisotopic (exact) mass is 293 g/mol. The van der Waals surface area contributed by atoms with Crippen LogP contribution in [0.25, 0.3) is 11.1 Å². The van der Waals surface area contributed by atoms with Crippen molar-refractivity contribution in [2.24, 2.45) is 5.90 Å². The van der Waals surface area contributed by atoms with Crippen LogP contribution in [0.15, 0.2) is 23.6 Å². The average molecular weight is 293 g/mol. The van der Waals surface area contributed by atoms with Gasteiger partial charge in [0.2, 0.25) is 0 Å². The first kappa shape index (κ1) is 14.4. The Kier molecular flexibility index (Phi) is 4.26. The Morgan fingerprint density at radius 1 is 1.45 bits per heavy atom. The normalized spacial score (nSPS) is 10.3. The summed E-state index contributed by atoms with van der Waals surface area (Å²) in [6.45, 7) is 1.95. The molecule has 0 fully saturated rings. The van der Waals surface area contributed by atoms with E-state index in [4.69, 9.17) is 10.6 Å². The number of hydrogen-bond acceptors (Lipinski definition) is 6. The molecule has 1 aromatic heterocycles. The molecule has 6 heteroatoms. The second kappa shape index (κ2) is 5.94. The van der Waals surface area contributed by atoms with Gasteiger partial charge in [-0.1, -0.05) is 13.0 Å². The molecule has 20 heavy (non-hydrogen) atoms. The van der Waals surface area contributed by atoms with Gasteiger partial charge in [-0.3, -0.25) is 0 Å². The van der Waals surface area contributed by atoms with Gasteiger partial charge in [0.05, 0.1) is 7.11 Å². The fourth-order valence-corrected chi connectivity index (χ4v) is 3.10. The van der Waals surface area contributed by atoms with Gasteiger partial charge in [-0.05, 0) is 40.6 Å². The third-order valence-electron chi connectivity index (χ3n) is 3.03. The highest BCUT2D eigenvalue weighted by molar-refractivity contribution is 7.12. The zero-order chi connectivity index (χ0) is 14.7. The molecule has 1 heterocycles. The number of phenols is 1. The largest absolute Gasteiger partial charge is 0.504 e. The first-order valence-corrected chi connectivity index (χ1v) is 6.89. The van der Waals surface area contributed by atoms with E-state index in [0.717, 1.165) is 16.7 Å². The SMILES string of the molecule is CCc1c(-c2ccc(O)c(OC)c2)csc1C(=O)ON. The number of rotatable bonds is 4. The minimum Gasteiger partial charge on any atom is -0.504 e. The van der Waals surface area contributed by atoms with Crippen molar-refractivity contribution in [1.82, 2.24) is 0 Å². The van der Waals surface area contributed by atoms with E-state index < -0.39 is 5.97 Å². The summed E-state index contributed by atoms with van der Waals surface area (Å²) in [5, 5.41) is 11.5. The molecule has 5 nitrogen and oxygen atoms in total. The summed E-state index contributed by atoms with van der Waals surface area (Å²) in [7, 11) is 1.49. The van der Waals surface area contributed by atoms with Crippen LogP contribution in [0.3, 0.4) is 0 Å². The number of carbonyl (C=O) groups is 1. The number of methoxy groups -OCH3 is 1. The average Bonchev–Trinajstić information content (AvgIpc) is 2.90. The number of nitrogens with two attached hydrogens (primary N) is 1. The molecule has 1 aromatic carbocycles. The van der Waals surface area contributed by atoms with Gasteiger partial charge < -0.3 is 14.7 Å². The first-order chi connectivity index (χ1) is 9.62. The van der Waals surface area contributed by atoms with E-state index in [2.05, 4.69) is 4.84 Å². The van der Waals surface area contributed by atoms with E-state index in [1.165, 1.54) is 18.4 Å². The van der Waals surface area contributed by atoms with Crippen molar-refractivity contribution in [2.45, 2.75) is 13.3 Å². The van der Waals surface area contributed by atoms with Crippen LogP contribution in [0.1, 0.15) is 22.2 Å². The fourth-order valence-electron chi connectivity index (χ4n) is 2.05. The number of carbonyl (C=O) groups excluding carboxylic acids is 1. The molecule has 0 spiro atoms. The molecule has 2 aromatic rings. The molecule has 0 amide bonds. The minimum absolute atomic E-state index is 0.0751. The maximum atomic E-state index is 11.6. The summed E-state index contributed by atoms with van der Waals surface area (Å²) in [6, 6.07) is 5.07. The first-order valence-electron chi connectivity index (χ1n) is 6.01. The molecule has 0 aliphatic carbocycles. The van der Waals surface area contributed by atoms with Gasteiger partial charge in [-0.25, -0.2) is 4.79 Å². The molecule has 0 unspecified atom stereocenters. The summed E-state index contributed by atoms with van der Waals surface area (Å²) in [5.74, 6) is 4.87. The smallest absolute Gasteiger partial charge is 0.367 e. The Hall–Kier alpha value is -2.05. The van der Waals surface area contributed by atoms with Crippen LogP contribution in [0.4, 0.5) is 0 Å². The highest BCUT2D eigenvalue weighted by Gasteiger charge is 2.19. The predicted molar refractivity (Wildman–Crippen MR) is 77.0 cm³/mol. The van der Waals surface area contributed by atoms with Crippen molar-refractivity contribution in [2.75, 3.05) is 7.11 Å². The van der Waals surface area contributed by atoms with Gasteiger partial charge in [0.1, 0.15) is 4.88 Å². The van der Waals surface area contributed by atoms with Crippen LogP contribution >= 0.6 is 11.3 Å². The molecule has 3 N–H and O–H groups in total. The van der Waals surface area contributed by atoms with Crippen molar-refractivity contribution < 1.29 is 19.5 Å². The van der Waals surface area contributed by atoms with E-state index in [9.17, 15) is 9.90 Å². The zero-order valence-corrected chi connectivity index (χ0v) is 12.0. The lowest BCUT2D eigenvalue weighted by Gasteiger charge is -2.08. The van der Waals surface area contributed by atoms with Gasteiger partial charge in [0, 0.05) is 0 Å². The van der Waals surface area contributed by atoms with Crippen LogP contribution in [0.5, 0.6) is 11.5 Å². The van der Waals surface area contributed by atoms with Crippen molar-refractivity contribution in [3.05, 3.63) is 34.0 Å². The number of benzene rings is 1. The molecule has 0 bridgehead atoms. The molecule has 0 saturated heterocycles. The van der Waals surface area contributed by atoms with Gasteiger partial charge in [0.15, 0.2) is 11.5 Å². The number of hydrogen-bond donors (Lipinski definition) is 2. The summed E-state index contributed by atoms with van der Waals surface area (Å²) < 4.78 is 5.10. The van der Waals surface area contributed by atoms with Gasteiger partial charge in [-0.15, -0.1) is 11.3 Å². The van der Waals surface area contributed by atoms with Crippen molar-refractivity contribution >= 4 is 17.3 Å². The van der Waals surface area contributed by atoms with Crippen LogP contribution in [-0.4, -0.2) is 18.2 Å². The van der Waals surface area contributed by atoms with E-state index in [0.29, 0.717) is 17.0 Å². The van der Waals surface area contributed by atoms with Gasteiger partial charge >= 0.3 is 5.97 Å². The fraction of sp³-hybridized carbons (Fsp3) is 0.214. The number of ether oxygens (including phenoxy) is 1. The third-order valence-corrected chi connectivity index (χ3v) is 4.03. The molecule has 0 saturated carbocycles. The lowest BCUT2D eigenvalue weighted by Crippen LogP contribution is -2.10. The predicted octanol–water partition coefficient (Wildman–Crippen LogP) is 2.72. The Labute approximate surface area is 120 Å². The van der Waals surface area contributed by atoms with E-state index in [1.807, 2.05) is 12.3 Å². The van der Waals surface area contributed by atoms with E-state index >= 15 is 0 Å². The Morgan fingerprint density at radius 2 is 2.20 bits per heavy atom. The molecule has 0 aliphatic heterocycles. The number of thiophene rings is 1. The minimum atomic E-state index is -0.538. The van der Waals surface area contributed by atoms with Crippen LogP contribution in [0, 0.1) is 0 Å². The molecule has 0 radical (unpaired) electrons. The lowest BCUT2D eigenvalue weighted by molar-refractivity contribution is 0.0508. The second-order valence-corrected chi connectivity index (χ2v) is 4.98. The number of phenolic OH excluding ortho intramolecular Hbond substituents is 1. The summed E-state index contributed by atoms with van der Waals surface area (Å²) in [6.07, 6.45) is 0.673. The van der Waals surface area contributed by atoms with Crippen molar-refractivity contribution in [1.29, 1.82) is 0 Å². The molecule has 0 aliphatic rings.